The van der Waals surface area contributed by atoms with Crippen LogP contribution in [-0.4, -0.2) is 4.75 Å². The maximum Gasteiger partial charge on any atom is 0.0319 e. The number of rotatable bonds is 1. The molecule has 0 spiro atoms. The molecule has 12 heavy (non-hydrogen) atoms. The van der Waals surface area contributed by atoms with Crippen molar-refractivity contribution in [2.24, 2.45) is 17.8 Å². The molecule has 4 aliphatic carbocycles. The monoisotopic (exact) mass is 202 g/mol. The second-order valence-electron chi connectivity index (χ2n) is 5.18. The maximum atomic E-state index is 6.04. The van der Waals surface area contributed by atoms with Gasteiger partial charge in [0.1, 0.15) is 0 Å². The van der Waals surface area contributed by atoms with Crippen LogP contribution in [0.4, 0.5) is 0 Å². The van der Waals surface area contributed by atoms with Crippen LogP contribution in [0.3, 0.4) is 0 Å². The Kier molecular flexibility index (Phi) is 1.71. The number of hydrogen-bond donors (Lipinski definition) is 0. The Hall–Kier alpha value is 0.640. The van der Waals surface area contributed by atoms with Crippen LogP contribution in [0.25, 0.3) is 0 Å². The van der Waals surface area contributed by atoms with Gasteiger partial charge in [0.15, 0.2) is 0 Å². The molecule has 0 N–H and O–H groups in total. The molecule has 4 rings (SSSR count). The summed E-state index contributed by atoms with van der Waals surface area (Å²) in [4.78, 5) is 0. The van der Waals surface area contributed by atoms with Gasteiger partial charge in [0.2, 0.25) is 0 Å². The van der Waals surface area contributed by atoms with Gasteiger partial charge in [0, 0.05) is 4.75 Å². The normalized spacial score (nSPS) is 56.2. The van der Waals surface area contributed by atoms with E-state index in [1.807, 2.05) is 0 Å². The molecule has 0 heterocycles. The maximum absolute atomic E-state index is 6.04. The highest BCUT2D eigenvalue weighted by Crippen LogP contribution is 2.61. The van der Waals surface area contributed by atoms with Gasteiger partial charge in [-0.3, -0.25) is 0 Å². The largest absolute Gasteiger partial charge is 0.0489 e. The second kappa shape index (κ2) is 2.57. The molecular weight excluding hydrogens is 188 g/mol. The Morgan fingerprint density at radius 2 is 1.33 bits per heavy atom. The van der Waals surface area contributed by atoms with Crippen LogP contribution < -0.4 is 0 Å². The lowest BCUT2D eigenvalue weighted by atomic mass is 9.56. The van der Waals surface area contributed by atoms with Gasteiger partial charge in [0.05, 0.1) is 0 Å². The third kappa shape index (κ3) is 1.05. The minimum atomic E-state index is 0.524. The van der Waals surface area contributed by atoms with Crippen molar-refractivity contribution in [3.05, 3.63) is 0 Å². The quantitative estimate of drug-likeness (QED) is 0.623. The van der Waals surface area contributed by atoms with Gasteiger partial charge >= 0.3 is 0 Å². The lowest BCUT2D eigenvalue weighted by Crippen LogP contribution is -2.47. The average molecular weight is 203 g/mol. The van der Waals surface area contributed by atoms with Crippen molar-refractivity contribution in [2.75, 3.05) is 0 Å². The van der Waals surface area contributed by atoms with Crippen LogP contribution in [0.1, 0.15) is 38.5 Å². The van der Waals surface area contributed by atoms with E-state index < -0.39 is 0 Å². The third-order valence-corrected chi connectivity index (χ3v) is 5.96. The van der Waals surface area contributed by atoms with E-state index in [-0.39, 0.29) is 0 Å². The molecule has 0 aromatic rings. The molecule has 0 atom stereocenters. The predicted molar refractivity (Wildman–Crippen MR) is 54.3 cm³/mol. The highest BCUT2D eigenvalue weighted by atomic mass is 35.7. The molecule has 4 aliphatic rings. The molecular formula is C10H15ClS. The topological polar surface area (TPSA) is 0 Å². The van der Waals surface area contributed by atoms with Crippen molar-refractivity contribution in [3.8, 4) is 0 Å². The van der Waals surface area contributed by atoms with Crippen LogP contribution in [0.2, 0.25) is 0 Å². The molecule has 0 aliphatic heterocycles. The molecule has 0 unspecified atom stereocenters. The minimum absolute atomic E-state index is 0.524. The van der Waals surface area contributed by atoms with E-state index in [2.05, 4.69) is 0 Å². The van der Waals surface area contributed by atoms with Crippen molar-refractivity contribution in [2.45, 2.75) is 43.3 Å². The molecule has 4 bridgehead atoms. The van der Waals surface area contributed by atoms with Crippen molar-refractivity contribution in [1.82, 2.24) is 0 Å². The summed E-state index contributed by atoms with van der Waals surface area (Å²) in [6.07, 6.45) is 8.84. The van der Waals surface area contributed by atoms with Crippen LogP contribution in [0.5, 0.6) is 0 Å². The first-order valence-electron chi connectivity index (χ1n) is 5.09. The van der Waals surface area contributed by atoms with E-state index in [0.717, 1.165) is 17.8 Å². The van der Waals surface area contributed by atoms with Crippen molar-refractivity contribution in [3.63, 3.8) is 0 Å². The molecule has 0 nitrogen and oxygen atoms in total. The molecule has 4 saturated carbocycles. The van der Waals surface area contributed by atoms with Crippen LogP contribution in [0, 0.1) is 17.8 Å². The lowest BCUT2D eigenvalue weighted by Gasteiger charge is -2.55. The van der Waals surface area contributed by atoms with Crippen molar-refractivity contribution >= 4 is 21.7 Å². The van der Waals surface area contributed by atoms with Gasteiger partial charge in [-0.15, -0.1) is 0 Å². The number of hydrogen-bond acceptors (Lipinski definition) is 1. The van der Waals surface area contributed by atoms with Gasteiger partial charge < -0.3 is 0 Å². The summed E-state index contributed by atoms with van der Waals surface area (Å²) in [6.45, 7) is 0. The van der Waals surface area contributed by atoms with E-state index in [9.17, 15) is 0 Å². The predicted octanol–water partition coefficient (Wildman–Crippen LogP) is 3.84. The SMILES string of the molecule is ClSC12CC3CC(CC(C3)C1)C2. The Labute approximate surface area is 82.9 Å². The highest BCUT2D eigenvalue weighted by Gasteiger charge is 2.51. The summed E-state index contributed by atoms with van der Waals surface area (Å²) in [5.41, 5.74) is 0. The Morgan fingerprint density at radius 3 is 1.67 bits per heavy atom. The van der Waals surface area contributed by atoms with E-state index in [4.69, 9.17) is 10.7 Å². The molecule has 0 aromatic carbocycles. The van der Waals surface area contributed by atoms with Crippen molar-refractivity contribution < 1.29 is 0 Å². The molecule has 4 fully saturated rings. The first-order chi connectivity index (χ1) is 5.80. The fourth-order valence-electron chi connectivity index (χ4n) is 4.13. The Balaban J connectivity index is 1.90. The lowest BCUT2D eigenvalue weighted by molar-refractivity contribution is 0.0389. The molecule has 0 saturated heterocycles. The zero-order valence-electron chi connectivity index (χ0n) is 7.26. The summed E-state index contributed by atoms with van der Waals surface area (Å²) in [7, 11) is 7.69. The fraction of sp³-hybridized carbons (Fsp3) is 1.00. The first-order valence-corrected chi connectivity index (χ1v) is 6.74. The smallest absolute Gasteiger partial charge is 0.0319 e. The standard InChI is InChI=1S/C10H15ClS/c11-12-10-4-7-1-8(5-10)3-9(2-7)6-10/h7-9H,1-6H2. The number of halogens is 1. The Bertz CT molecular complexity index is 167. The summed E-state index contributed by atoms with van der Waals surface area (Å²) in [5, 5.41) is 0. The summed E-state index contributed by atoms with van der Waals surface area (Å²) in [6, 6.07) is 0. The summed E-state index contributed by atoms with van der Waals surface area (Å²) >= 11 is 0. The fourth-order valence-corrected chi connectivity index (χ4v) is 5.59. The van der Waals surface area contributed by atoms with E-state index >= 15 is 0 Å². The molecule has 0 aromatic heterocycles. The zero-order chi connectivity index (χ0) is 8.18. The van der Waals surface area contributed by atoms with Crippen LogP contribution >= 0.6 is 21.7 Å². The molecule has 0 amide bonds. The second-order valence-corrected chi connectivity index (χ2v) is 6.66. The molecule has 0 radical (unpaired) electrons. The van der Waals surface area contributed by atoms with Gasteiger partial charge in [-0.25, -0.2) is 0 Å². The van der Waals surface area contributed by atoms with Crippen LogP contribution in [-0.2, 0) is 0 Å². The minimum Gasteiger partial charge on any atom is -0.0489 e. The first kappa shape index (κ1) is 7.99. The highest BCUT2D eigenvalue weighted by molar-refractivity contribution is 8.22. The molecule has 68 valence electrons. The summed E-state index contributed by atoms with van der Waals surface area (Å²) < 4.78 is 0.524. The van der Waals surface area contributed by atoms with Gasteiger partial charge in [-0.05, 0) is 77.9 Å². The van der Waals surface area contributed by atoms with Gasteiger partial charge in [-0.1, -0.05) is 0 Å². The van der Waals surface area contributed by atoms with E-state index in [0.29, 0.717) is 4.75 Å². The van der Waals surface area contributed by atoms with Crippen molar-refractivity contribution in [1.29, 1.82) is 0 Å². The molecule has 2 heteroatoms. The average Bonchev–Trinajstić information content (AvgIpc) is 2.02. The van der Waals surface area contributed by atoms with E-state index in [1.54, 1.807) is 11.0 Å². The summed E-state index contributed by atoms with van der Waals surface area (Å²) in [5.74, 6) is 3.13. The Morgan fingerprint density at radius 1 is 0.917 bits per heavy atom. The van der Waals surface area contributed by atoms with Gasteiger partial charge in [-0.2, -0.15) is 0 Å². The van der Waals surface area contributed by atoms with E-state index in [1.165, 1.54) is 38.5 Å². The van der Waals surface area contributed by atoms with Crippen LogP contribution in [0.15, 0.2) is 0 Å². The zero-order valence-corrected chi connectivity index (χ0v) is 8.83. The third-order valence-electron chi connectivity index (χ3n) is 4.15. The van der Waals surface area contributed by atoms with Gasteiger partial charge in [0.25, 0.3) is 0 Å².